The normalized spacial score (nSPS) is 13.9. The molecule has 1 aromatic rings. The van der Waals surface area contributed by atoms with Crippen LogP contribution in [0.3, 0.4) is 0 Å². The molecule has 0 radical (unpaired) electrons. The fraction of sp³-hybridized carbons (Fsp3) is 0.533. The summed E-state index contributed by atoms with van der Waals surface area (Å²) in [6.45, 7) is 8.18. The monoisotopic (exact) mass is 316 g/mol. The average Bonchev–Trinajstić information content (AvgIpc) is 2.42. The molecule has 0 aliphatic heterocycles. The van der Waals surface area contributed by atoms with E-state index in [2.05, 4.69) is 13.8 Å². The summed E-state index contributed by atoms with van der Waals surface area (Å²) in [5.74, 6) is -0.115. The zero-order valence-electron chi connectivity index (χ0n) is 12.4. The molecule has 2 N–H and O–H groups in total. The number of nitrogens with two attached hydrogens (primary N) is 1. The van der Waals surface area contributed by atoms with Crippen molar-refractivity contribution in [2.24, 2.45) is 0 Å². The van der Waals surface area contributed by atoms with Gasteiger partial charge in [-0.05, 0) is 38.8 Å². The molecule has 0 heterocycles. The van der Waals surface area contributed by atoms with Gasteiger partial charge in [-0.25, -0.2) is 0 Å². The summed E-state index contributed by atoms with van der Waals surface area (Å²) < 4.78 is 0. The Kier molecular flexibility index (Phi) is 6.15. The highest BCUT2D eigenvalue weighted by molar-refractivity contribution is 6.37. The van der Waals surface area contributed by atoms with Gasteiger partial charge in [0.1, 0.15) is 0 Å². The molecule has 0 fully saturated rings. The molecule has 2 unspecified atom stereocenters. The first-order valence-corrected chi connectivity index (χ1v) is 7.66. The number of carbonyl (C=O) groups is 1. The van der Waals surface area contributed by atoms with Gasteiger partial charge >= 0.3 is 0 Å². The molecular weight excluding hydrogens is 295 g/mol. The maximum atomic E-state index is 12.8. The smallest absolute Gasteiger partial charge is 0.256 e. The predicted molar refractivity (Wildman–Crippen MR) is 86.5 cm³/mol. The first kappa shape index (κ1) is 17.1. The van der Waals surface area contributed by atoms with E-state index in [-0.39, 0.29) is 23.7 Å². The highest BCUT2D eigenvalue weighted by Gasteiger charge is 2.26. The molecule has 1 rings (SSSR count). The van der Waals surface area contributed by atoms with E-state index >= 15 is 0 Å². The maximum Gasteiger partial charge on any atom is 0.256 e. The second-order valence-corrected chi connectivity index (χ2v) is 5.92. The van der Waals surface area contributed by atoms with Crippen LogP contribution >= 0.6 is 23.2 Å². The summed E-state index contributed by atoms with van der Waals surface area (Å²) in [6, 6.07) is 3.40. The lowest BCUT2D eigenvalue weighted by molar-refractivity contribution is 0.0599. The lowest BCUT2D eigenvalue weighted by atomic mass is 10.1. The number of anilines is 1. The molecule has 112 valence electrons. The summed E-state index contributed by atoms with van der Waals surface area (Å²) in [4.78, 5) is 14.7. The van der Waals surface area contributed by atoms with E-state index in [0.29, 0.717) is 15.6 Å². The zero-order valence-corrected chi connectivity index (χ0v) is 13.9. The highest BCUT2D eigenvalue weighted by Crippen LogP contribution is 2.29. The number of nitrogens with zero attached hydrogens (tertiary/aromatic N) is 1. The van der Waals surface area contributed by atoms with Gasteiger partial charge in [0.25, 0.3) is 5.91 Å². The Labute approximate surface area is 131 Å². The standard InChI is InChI=1S/C15H22Cl2N2O/c1-5-9(3)19(10(4)6-2)15(20)12-7-11(16)8-13(17)14(12)18/h7-10H,5-6,18H2,1-4H3. The van der Waals surface area contributed by atoms with Gasteiger partial charge in [0, 0.05) is 17.1 Å². The van der Waals surface area contributed by atoms with E-state index in [1.54, 1.807) is 12.1 Å². The molecule has 0 aliphatic carbocycles. The first-order chi connectivity index (χ1) is 9.33. The van der Waals surface area contributed by atoms with Gasteiger partial charge in [0.15, 0.2) is 0 Å². The number of nitrogen functional groups attached to an aromatic ring is 1. The van der Waals surface area contributed by atoms with Gasteiger partial charge in [-0.15, -0.1) is 0 Å². The molecule has 0 saturated carbocycles. The summed E-state index contributed by atoms with van der Waals surface area (Å²) >= 11 is 12.0. The summed E-state index contributed by atoms with van der Waals surface area (Å²) in [6.07, 6.45) is 1.76. The fourth-order valence-electron chi connectivity index (χ4n) is 2.13. The van der Waals surface area contributed by atoms with Crippen molar-refractivity contribution >= 4 is 34.8 Å². The van der Waals surface area contributed by atoms with E-state index in [9.17, 15) is 4.79 Å². The van der Waals surface area contributed by atoms with Crippen molar-refractivity contribution in [3.8, 4) is 0 Å². The van der Waals surface area contributed by atoms with Gasteiger partial charge < -0.3 is 10.6 Å². The van der Waals surface area contributed by atoms with E-state index < -0.39 is 0 Å². The molecule has 3 nitrogen and oxygen atoms in total. The second-order valence-electron chi connectivity index (χ2n) is 5.08. The van der Waals surface area contributed by atoms with Gasteiger partial charge in [-0.2, -0.15) is 0 Å². The third kappa shape index (κ3) is 3.58. The Morgan fingerprint density at radius 1 is 1.20 bits per heavy atom. The van der Waals surface area contributed by atoms with Crippen molar-refractivity contribution in [1.82, 2.24) is 4.90 Å². The Hall–Kier alpha value is -0.930. The van der Waals surface area contributed by atoms with Crippen LogP contribution < -0.4 is 5.73 Å². The second kappa shape index (κ2) is 7.19. The van der Waals surface area contributed by atoms with Gasteiger partial charge in [-0.3, -0.25) is 4.79 Å². The van der Waals surface area contributed by atoms with Crippen LogP contribution in [-0.4, -0.2) is 22.9 Å². The number of halogens is 2. The number of hydrogen-bond acceptors (Lipinski definition) is 2. The van der Waals surface area contributed by atoms with Crippen LogP contribution in [-0.2, 0) is 0 Å². The Morgan fingerprint density at radius 3 is 2.15 bits per heavy atom. The lowest BCUT2D eigenvalue weighted by Crippen LogP contribution is -2.44. The first-order valence-electron chi connectivity index (χ1n) is 6.90. The number of rotatable bonds is 5. The minimum Gasteiger partial charge on any atom is -0.397 e. The van der Waals surface area contributed by atoms with Gasteiger partial charge in [0.05, 0.1) is 16.3 Å². The van der Waals surface area contributed by atoms with E-state index in [0.717, 1.165) is 12.8 Å². The van der Waals surface area contributed by atoms with Crippen LogP contribution in [0.5, 0.6) is 0 Å². The van der Waals surface area contributed by atoms with Crippen LogP contribution in [0.4, 0.5) is 5.69 Å². The molecule has 5 heteroatoms. The lowest BCUT2D eigenvalue weighted by Gasteiger charge is -2.34. The molecule has 0 bridgehead atoms. The van der Waals surface area contributed by atoms with Crippen molar-refractivity contribution in [2.45, 2.75) is 52.6 Å². The molecule has 0 saturated heterocycles. The topological polar surface area (TPSA) is 46.3 Å². The third-order valence-corrected chi connectivity index (χ3v) is 4.22. The number of amides is 1. The Bertz CT molecular complexity index is 481. The number of benzene rings is 1. The zero-order chi connectivity index (χ0) is 15.4. The van der Waals surface area contributed by atoms with Crippen LogP contribution in [0.25, 0.3) is 0 Å². The third-order valence-electron chi connectivity index (χ3n) is 3.69. The average molecular weight is 317 g/mol. The SMILES string of the molecule is CCC(C)N(C(=O)c1cc(Cl)cc(Cl)c1N)C(C)CC. The number of hydrogen-bond donors (Lipinski definition) is 1. The van der Waals surface area contributed by atoms with E-state index in [1.807, 2.05) is 18.7 Å². The molecule has 20 heavy (non-hydrogen) atoms. The minimum absolute atomic E-state index is 0.115. The number of carbonyl (C=O) groups excluding carboxylic acids is 1. The van der Waals surface area contributed by atoms with Crippen molar-refractivity contribution in [3.05, 3.63) is 27.7 Å². The predicted octanol–water partition coefficient (Wildman–Crippen LogP) is 4.61. The largest absolute Gasteiger partial charge is 0.397 e. The van der Waals surface area contributed by atoms with Crippen LogP contribution in [0, 0.1) is 0 Å². The van der Waals surface area contributed by atoms with Crippen LogP contribution in [0.1, 0.15) is 50.9 Å². The van der Waals surface area contributed by atoms with E-state index in [1.165, 1.54) is 0 Å². The summed E-state index contributed by atoms with van der Waals surface area (Å²) in [7, 11) is 0. The highest BCUT2D eigenvalue weighted by atomic mass is 35.5. The Morgan fingerprint density at radius 2 is 1.70 bits per heavy atom. The molecule has 1 aromatic carbocycles. The van der Waals surface area contributed by atoms with Crippen molar-refractivity contribution in [3.63, 3.8) is 0 Å². The quantitative estimate of drug-likeness (QED) is 0.806. The van der Waals surface area contributed by atoms with Gasteiger partial charge in [0.2, 0.25) is 0 Å². The fourth-order valence-corrected chi connectivity index (χ4v) is 2.62. The molecule has 2 atom stereocenters. The molecule has 0 aliphatic rings. The van der Waals surface area contributed by atoms with Gasteiger partial charge in [-0.1, -0.05) is 37.0 Å². The maximum absolute atomic E-state index is 12.8. The van der Waals surface area contributed by atoms with Crippen molar-refractivity contribution in [1.29, 1.82) is 0 Å². The summed E-state index contributed by atoms with van der Waals surface area (Å²) in [5.41, 5.74) is 6.60. The molecule has 1 amide bonds. The van der Waals surface area contributed by atoms with Crippen molar-refractivity contribution < 1.29 is 4.79 Å². The summed E-state index contributed by atoms with van der Waals surface area (Å²) in [5, 5.41) is 0.731. The molecular formula is C15H22Cl2N2O. The molecule has 0 aromatic heterocycles. The van der Waals surface area contributed by atoms with Crippen LogP contribution in [0.15, 0.2) is 12.1 Å². The Balaban J connectivity index is 3.25. The minimum atomic E-state index is -0.115. The van der Waals surface area contributed by atoms with Crippen LogP contribution in [0.2, 0.25) is 10.0 Å². The molecule has 0 spiro atoms. The van der Waals surface area contributed by atoms with Crippen molar-refractivity contribution in [2.75, 3.05) is 5.73 Å². The van der Waals surface area contributed by atoms with E-state index in [4.69, 9.17) is 28.9 Å².